The Morgan fingerprint density at radius 3 is 1.79 bits per heavy atom. The molecule has 0 aliphatic heterocycles. The molecule has 0 spiro atoms. The van der Waals surface area contributed by atoms with Crippen LogP contribution in [-0.4, -0.2) is 10.1 Å². The van der Waals surface area contributed by atoms with Crippen LogP contribution in [0.1, 0.15) is 91.9 Å². The second-order valence-electron chi connectivity index (χ2n) is 4.00. The summed E-state index contributed by atoms with van der Waals surface area (Å²) >= 11 is 0. The predicted molar refractivity (Wildman–Crippen MR) is 101 cm³/mol. The molecule has 0 radical (unpaired) electrons. The molecule has 0 N–H and O–H groups in total. The van der Waals surface area contributed by atoms with Crippen LogP contribution < -0.4 is 0 Å². The largest absolute Gasteiger partial charge is 2.00 e. The molecule has 0 aliphatic carbocycles. The summed E-state index contributed by atoms with van der Waals surface area (Å²) in [5, 5.41) is 0. The van der Waals surface area contributed by atoms with Crippen molar-refractivity contribution in [3.8, 4) is 0 Å². The first-order valence-corrected chi connectivity index (χ1v) is 6.46. The Labute approximate surface area is 133 Å². The number of rotatable bonds is 6. The third kappa shape index (κ3) is 46.4. The van der Waals surface area contributed by atoms with E-state index < -0.39 is 0 Å². The van der Waals surface area contributed by atoms with Gasteiger partial charge in [0.15, 0.2) is 0 Å². The molecule has 0 nitrogen and oxygen atoms in total. The number of hydrogen-bond acceptors (Lipinski definition) is 0. The number of hydrogen-bond donors (Lipinski definition) is 0. The third-order valence-corrected chi connectivity index (χ3v) is 2.23. The van der Waals surface area contributed by atoms with E-state index in [0.29, 0.717) is 0 Å². The van der Waals surface area contributed by atoms with Gasteiger partial charge in [-0.3, -0.25) is 0 Å². The van der Waals surface area contributed by atoms with Gasteiger partial charge in [-0.2, -0.15) is 0 Å². The van der Waals surface area contributed by atoms with Gasteiger partial charge < -0.3 is 2.85 Å². The molecule has 0 amide bonds. The Kier molecular flexibility index (Phi) is 68.9. The normalized spacial score (nSPS) is 10.2. The summed E-state index contributed by atoms with van der Waals surface area (Å²) in [5.74, 6) is 0.782. The third-order valence-electron chi connectivity index (χ3n) is 2.23. The summed E-state index contributed by atoms with van der Waals surface area (Å²) in [6.45, 7) is 10.8. The molecule has 0 aromatic carbocycles. The van der Waals surface area contributed by atoms with E-state index in [9.17, 15) is 0 Å². The van der Waals surface area contributed by atoms with Crippen molar-refractivity contribution in [2.75, 3.05) is 0 Å². The van der Waals surface area contributed by atoms with Crippen LogP contribution in [0.15, 0.2) is 24.3 Å². The minimum absolute atomic E-state index is 0. The van der Waals surface area contributed by atoms with Gasteiger partial charge in [0.25, 0.3) is 0 Å². The van der Waals surface area contributed by atoms with Crippen molar-refractivity contribution in [1.82, 2.24) is 0 Å². The summed E-state index contributed by atoms with van der Waals surface area (Å²) in [4.78, 5) is 0. The van der Waals surface area contributed by atoms with E-state index in [1.165, 1.54) is 32.1 Å². The van der Waals surface area contributed by atoms with Crippen molar-refractivity contribution in [1.29, 1.82) is 0 Å². The smallest absolute Gasteiger partial charge is 1.00 e. The summed E-state index contributed by atoms with van der Waals surface area (Å²) in [5.41, 5.74) is 0. The first-order valence-electron chi connectivity index (χ1n) is 6.46. The van der Waals surface area contributed by atoms with Crippen molar-refractivity contribution in [2.24, 2.45) is 5.92 Å². The maximum Gasteiger partial charge on any atom is 2.00 e. The molecule has 1 unspecified atom stereocenters. The predicted octanol–water partition coefficient (Wildman–Crippen LogP) is 7.50. The Morgan fingerprint density at radius 1 is 0.947 bits per heavy atom. The van der Waals surface area contributed by atoms with E-state index in [1.807, 2.05) is 0 Å². The maximum absolute atomic E-state index is 2.25. The van der Waals surface area contributed by atoms with E-state index >= 15 is 0 Å². The van der Waals surface area contributed by atoms with Crippen LogP contribution in [0, 0.1) is 5.92 Å². The Bertz CT molecular complexity index is 157. The zero-order valence-electron chi connectivity index (χ0n) is 14.1. The van der Waals surface area contributed by atoms with E-state index in [2.05, 4.69) is 58.9 Å². The molecule has 0 bridgehead atoms. The zero-order valence-corrected chi connectivity index (χ0v) is 12.1. The molecule has 0 aromatic rings. The molecule has 1 atom stereocenters. The molecule has 0 aromatic heterocycles. The number of unbranched alkanes of at least 4 members (excludes halogenated alkanes) is 2. The molecule has 118 valence electrons. The van der Waals surface area contributed by atoms with Gasteiger partial charge in [0.2, 0.25) is 0 Å². The van der Waals surface area contributed by atoms with Gasteiger partial charge in [0.05, 0.1) is 0 Å². The van der Waals surface area contributed by atoms with Gasteiger partial charge in [0.1, 0.15) is 0 Å². The monoisotopic (exact) mass is 269 g/mol. The fraction of sp³-hybridized carbons (Fsp3) is 0.778. The summed E-state index contributed by atoms with van der Waals surface area (Å²) in [6.07, 6.45) is 15.2. The Hall–Kier alpha value is -0.351. The molecular formula is C18H44Be. The van der Waals surface area contributed by atoms with Crippen LogP contribution in [0.4, 0.5) is 0 Å². The minimum atomic E-state index is 0. The van der Waals surface area contributed by atoms with Crippen LogP contribution >= 0.6 is 0 Å². The molecule has 0 rings (SSSR count). The molecule has 19 heavy (non-hydrogen) atoms. The van der Waals surface area contributed by atoms with Gasteiger partial charge in [-0.15, -0.1) is 0 Å². The van der Waals surface area contributed by atoms with E-state index in [0.717, 1.165) is 5.92 Å². The van der Waals surface area contributed by atoms with Crippen molar-refractivity contribution in [2.45, 2.75) is 89.0 Å². The fourth-order valence-electron chi connectivity index (χ4n) is 1.37. The van der Waals surface area contributed by atoms with E-state index in [4.69, 9.17) is 0 Å². The van der Waals surface area contributed by atoms with Crippen LogP contribution in [0.25, 0.3) is 0 Å². The Balaban J connectivity index is -0.0000000210. The molecule has 0 heterocycles. The summed E-state index contributed by atoms with van der Waals surface area (Å²) < 4.78 is 0. The summed E-state index contributed by atoms with van der Waals surface area (Å²) in [7, 11) is 0. The van der Waals surface area contributed by atoms with Gasteiger partial charge >= 0.3 is 10.1 Å². The first kappa shape index (κ1) is 36.3. The van der Waals surface area contributed by atoms with Crippen LogP contribution in [0.3, 0.4) is 0 Å². The minimum Gasteiger partial charge on any atom is -1.00 e. The average molecular weight is 270 g/mol. The molecule has 0 saturated heterocycles. The number of allylic oxidation sites excluding steroid dienone is 4. The van der Waals surface area contributed by atoms with E-state index in [-0.39, 0.29) is 35.3 Å². The van der Waals surface area contributed by atoms with Crippen LogP contribution in [0.5, 0.6) is 0 Å². The second kappa shape index (κ2) is 36.1. The van der Waals surface area contributed by atoms with Crippen molar-refractivity contribution in [3.05, 3.63) is 24.3 Å². The van der Waals surface area contributed by atoms with Crippen LogP contribution in [0.2, 0.25) is 0 Å². The zero-order chi connectivity index (χ0) is 11.9. The van der Waals surface area contributed by atoms with Crippen molar-refractivity contribution < 1.29 is 2.85 Å². The van der Waals surface area contributed by atoms with E-state index in [1.54, 1.807) is 0 Å². The molecule has 0 saturated carbocycles. The van der Waals surface area contributed by atoms with Gasteiger partial charge in [0, 0.05) is 0 Å². The summed E-state index contributed by atoms with van der Waals surface area (Å²) in [6, 6.07) is 0. The average Bonchev–Trinajstić information content (AvgIpc) is 2.20. The first-order chi connectivity index (χ1) is 7.22. The van der Waals surface area contributed by atoms with Crippen molar-refractivity contribution >= 4 is 10.1 Å². The Morgan fingerprint density at radius 2 is 1.47 bits per heavy atom. The topological polar surface area (TPSA) is 0 Å². The standard InChI is InChI=1S/C8H16.C7H14.3CH4.Be.2H/c1-4-6-8(3)7-5-2;1-3-5-7-6-4-2;;;;;;/h4,6,8H,5,7H2,1-3H3;3,5H,4,6-7H2,1-2H3;3*1H4;;;/q;;;;;+2;2*-1/b6-4+;5-3+;;;;;;. The fourth-order valence-corrected chi connectivity index (χ4v) is 1.37. The SMILES string of the molecule is C.C.C.C/C=C/C(C)CCC.C/C=C/CCCC.[Be+2].[H-].[H-]. The van der Waals surface area contributed by atoms with Crippen molar-refractivity contribution in [3.63, 3.8) is 0 Å². The maximum atomic E-state index is 2.25. The quantitative estimate of drug-likeness (QED) is 0.266. The van der Waals surface area contributed by atoms with Crippen LogP contribution in [-0.2, 0) is 0 Å². The molecule has 0 aliphatic rings. The van der Waals surface area contributed by atoms with Gasteiger partial charge in [-0.25, -0.2) is 0 Å². The second-order valence-corrected chi connectivity index (χ2v) is 4.00. The molecule has 0 fully saturated rings. The van der Waals surface area contributed by atoms with Gasteiger partial charge in [-0.1, -0.05) is 86.6 Å². The van der Waals surface area contributed by atoms with Gasteiger partial charge in [-0.05, 0) is 32.6 Å². The molecule has 1 heteroatoms. The molecular weight excluding hydrogens is 225 g/mol.